The molecule has 0 spiro atoms. The van der Waals surface area contributed by atoms with Crippen LogP contribution >= 0.6 is 0 Å². The molecule has 0 radical (unpaired) electrons. The minimum atomic E-state index is -1.22. The molecule has 0 aliphatic carbocycles. The fourth-order valence-electron chi connectivity index (χ4n) is 2.36. The topological polar surface area (TPSA) is 317 Å². The first-order valence-electron chi connectivity index (χ1n) is 10.7. The van der Waals surface area contributed by atoms with Crippen LogP contribution in [0.1, 0.15) is 16.1 Å². The smallest absolute Gasteiger partial charge is 0.358 e. The van der Waals surface area contributed by atoms with Crippen molar-refractivity contribution in [3.8, 4) is 5.75 Å². The number of hydrogen-bond acceptors (Lipinski definition) is 15. The molecule has 0 saturated heterocycles. The van der Waals surface area contributed by atoms with E-state index < -0.39 is 20.7 Å². The molecule has 41 heavy (non-hydrogen) atoms. The van der Waals surface area contributed by atoms with Crippen molar-refractivity contribution in [2.75, 3.05) is 17.2 Å². The molecule has 19 heteroatoms. The van der Waals surface area contributed by atoms with Crippen LogP contribution in [0.2, 0.25) is 0 Å². The molecule has 4 aromatic rings. The van der Waals surface area contributed by atoms with Crippen molar-refractivity contribution in [1.82, 2.24) is 19.9 Å². The maximum atomic E-state index is 10.3. The fraction of sp³-hybridized carbons (Fsp3) is 0.0455. The number of nitrogen functional groups attached to an aromatic ring is 3. The van der Waals surface area contributed by atoms with E-state index in [1.807, 2.05) is 0 Å². The first kappa shape index (κ1) is 32.5. The summed E-state index contributed by atoms with van der Waals surface area (Å²) in [6, 6.07) is 9.45. The van der Waals surface area contributed by atoms with Gasteiger partial charge in [0.1, 0.15) is 23.6 Å². The van der Waals surface area contributed by atoms with Crippen molar-refractivity contribution in [2.24, 2.45) is 0 Å². The van der Waals surface area contributed by atoms with Crippen LogP contribution in [0.5, 0.6) is 5.75 Å². The second-order valence-corrected chi connectivity index (χ2v) is 7.19. The first-order chi connectivity index (χ1) is 19.2. The molecule has 0 aliphatic rings. The molecular formula is C22H22N10O9. The summed E-state index contributed by atoms with van der Waals surface area (Å²) in [5.41, 5.74) is 15.6. The lowest BCUT2D eigenvalue weighted by Crippen LogP contribution is -1.99. The zero-order valence-corrected chi connectivity index (χ0v) is 21.0. The Balaban J connectivity index is 0.000000274. The maximum Gasteiger partial charge on any atom is 0.358 e. The zero-order chi connectivity index (χ0) is 31.1. The molecule has 8 N–H and O–H groups in total. The summed E-state index contributed by atoms with van der Waals surface area (Å²) in [6.45, 7) is 1.62. The molecular weight excluding hydrogens is 548 g/mol. The van der Waals surface area contributed by atoms with E-state index in [0.717, 1.165) is 6.20 Å². The maximum absolute atomic E-state index is 10.3. The van der Waals surface area contributed by atoms with Crippen molar-refractivity contribution in [3.63, 3.8) is 0 Å². The van der Waals surface area contributed by atoms with Crippen molar-refractivity contribution < 1.29 is 29.8 Å². The van der Waals surface area contributed by atoms with Crippen molar-refractivity contribution in [3.05, 3.63) is 109 Å². The highest BCUT2D eigenvalue weighted by Gasteiger charge is 2.10. The van der Waals surface area contributed by atoms with Crippen molar-refractivity contribution >= 4 is 40.5 Å². The number of rotatable bonds is 4. The molecule has 0 atom stereocenters. The third-order valence-electron chi connectivity index (χ3n) is 4.28. The quantitative estimate of drug-likeness (QED) is 0.174. The Kier molecular flexibility index (Phi) is 12.4. The van der Waals surface area contributed by atoms with Gasteiger partial charge in [-0.1, -0.05) is 0 Å². The summed E-state index contributed by atoms with van der Waals surface area (Å²) < 4.78 is 0. The Hall–Kier alpha value is -6.53. The van der Waals surface area contributed by atoms with Gasteiger partial charge in [-0.25, -0.2) is 24.7 Å². The van der Waals surface area contributed by atoms with E-state index in [0.29, 0.717) is 5.56 Å². The Morgan fingerprint density at radius 1 is 0.780 bits per heavy atom. The number of pyridine rings is 4. The van der Waals surface area contributed by atoms with Gasteiger partial charge in [-0.2, -0.15) is 0 Å². The average Bonchev–Trinajstić information content (AvgIpc) is 2.91. The van der Waals surface area contributed by atoms with Gasteiger partial charge in [-0.15, -0.1) is 0 Å². The number of nitro groups is 3. The van der Waals surface area contributed by atoms with Crippen LogP contribution in [0.3, 0.4) is 0 Å². The van der Waals surface area contributed by atoms with Gasteiger partial charge in [0.2, 0.25) is 5.82 Å². The van der Waals surface area contributed by atoms with E-state index in [1.54, 1.807) is 6.92 Å². The van der Waals surface area contributed by atoms with Crippen LogP contribution in [0.15, 0.2) is 67.3 Å². The normalized spacial score (nSPS) is 9.29. The summed E-state index contributed by atoms with van der Waals surface area (Å²) in [4.78, 5) is 53.3. The summed E-state index contributed by atoms with van der Waals surface area (Å²) >= 11 is 0. The van der Waals surface area contributed by atoms with E-state index in [2.05, 4.69) is 19.9 Å². The number of nitrogens with zero attached hydrogens (tertiary/aromatic N) is 7. The lowest BCUT2D eigenvalue weighted by molar-refractivity contribution is -0.385. The Morgan fingerprint density at radius 3 is 1.78 bits per heavy atom. The number of carboxylic acid groups (broad SMARTS) is 1. The number of aromatic hydroxyl groups is 1. The minimum absolute atomic E-state index is 0.0116. The van der Waals surface area contributed by atoms with Crippen LogP contribution in [-0.2, 0) is 0 Å². The van der Waals surface area contributed by atoms with Gasteiger partial charge < -0.3 is 27.4 Å². The van der Waals surface area contributed by atoms with Gasteiger partial charge in [-0.3, -0.25) is 30.3 Å². The third kappa shape index (κ3) is 11.2. The predicted molar refractivity (Wildman–Crippen MR) is 144 cm³/mol. The highest BCUT2D eigenvalue weighted by atomic mass is 16.6. The molecule has 0 amide bonds. The number of hydrogen-bond donors (Lipinski definition) is 5. The van der Waals surface area contributed by atoms with Gasteiger partial charge in [0.15, 0.2) is 5.69 Å². The molecule has 0 unspecified atom stereocenters. The van der Waals surface area contributed by atoms with Gasteiger partial charge >= 0.3 is 11.7 Å². The van der Waals surface area contributed by atoms with Gasteiger partial charge in [0, 0.05) is 36.3 Å². The van der Waals surface area contributed by atoms with Gasteiger partial charge in [-0.05, 0) is 31.2 Å². The largest absolute Gasteiger partial charge is 0.505 e. The van der Waals surface area contributed by atoms with Crippen molar-refractivity contribution in [1.29, 1.82) is 0 Å². The van der Waals surface area contributed by atoms with Crippen LogP contribution in [0, 0.1) is 37.3 Å². The molecule has 4 rings (SSSR count). The number of carboxylic acids is 1. The summed E-state index contributed by atoms with van der Waals surface area (Å²) in [7, 11) is 0. The molecule has 0 aromatic carbocycles. The molecule has 19 nitrogen and oxygen atoms in total. The Bertz CT molecular complexity index is 1460. The van der Waals surface area contributed by atoms with E-state index >= 15 is 0 Å². The monoisotopic (exact) mass is 570 g/mol. The number of carbonyl (C=O) groups is 1. The van der Waals surface area contributed by atoms with Crippen molar-refractivity contribution in [2.45, 2.75) is 6.92 Å². The lowest BCUT2D eigenvalue weighted by Gasteiger charge is -1.95. The second-order valence-electron chi connectivity index (χ2n) is 7.19. The standard InChI is InChI=1S/C6H7N3O2.C6H5NO3.2C5H5N3O2/c1-4-3-8-6(7)2-5(4)9(10)11;8-4-2-1-3-7-5(4)6(9)10;6-5-2-1-4(3-7-5)8(9)10;6-5-4(8(9)10)2-1-3-7-5/h2-3H,1H3,(H2,7,8);1-3,8H,(H,9,10);2*1-3H,(H2,6,7). The van der Waals surface area contributed by atoms with E-state index in [1.165, 1.54) is 61.1 Å². The summed E-state index contributed by atoms with van der Waals surface area (Å²) in [5, 5.41) is 47.6. The third-order valence-corrected chi connectivity index (χ3v) is 4.28. The Labute approximate surface area is 229 Å². The fourth-order valence-corrected chi connectivity index (χ4v) is 2.36. The molecule has 214 valence electrons. The SMILES string of the molecule is Cc1cnc(N)cc1[N+](=O)[O-].Nc1ccc([N+](=O)[O-])cn1.Nc1ncccc1[N+](=O)[O-].O=C(O)c1ncccc1O. The number of aromatic carboxylic acids is 1. The Morgan fingerprint density at radius 2 is 1.37 bits per heavy atom. The predicted octanol–water partition coefficient (Wildman–Crippen LogP) is 2.51. The highest BCUT2D eigenvalue weighted by molar-refractivity contribution is 5.88. The molecule has 0 fully saturated rings. The zero-order valence-electron chi connectivity index (χ0n) is 21.0. The number of aromatic nitrogens is 4. The molecule has 0 bridgehead atoms. The van der Waals surface area contributed by atoms with Crippen LogP contribution < -0.4 is 17.2 Å². The number of aryl methyl sites for hydroxylation is 1. The van der Waals surface area contributed by atoms with Crippen LogP contribution in [0.25, 0.3) is 0 Å². The average molecular weight is 570 g/mol. The number of anilines is 3. The number of nitrogens with two attached hydrogens (primary N) is 3. The molecule has 0 saturated carbocycles. The van der Waals surface area contributed by atoms with Gasteiger partial charge in [0.25, 0.3) is 11.4 Å². The second kappa shape index (κ2) is 15.7. The summed E-state index contributed by atoms with van der Waals surface area (Å²) in [6.07, 6.45) is 5.22. The molecule has 4 aromatic heterocycles. The minimum Gasteiger partial charge on any atom is -0.505 e. The first-order valence-corrected chi connectivity index (χ1v) is 10.7. The molecule has 4 heterocycles. The molecule has 0 aliphatic heterocycles. The highest BCUT2D eigenvalue weighted by Crippen LogP contribution is 2.18. The lowest BCUT2D eigenvalue weighted by atomic mass is 10.2. The van der Waals surface area contributed by atoms with E-state index in [4.69, 9.17) is 27.4 Å². The summed E-state index contributed by atoms with van der Waals surface area (Å²) in [5.74, 6) is -1.13. The van der Waals surface area contributed by atoms with Crippen LogP contribution in [0.4, 0.5) is 34.5 Å². The van der Waals surface area contributed by atoms with Crippen LogP contribution in [-0.4, -0.2) is 50.9 Å². The van der Waals surface area contributed by atoms with E-state index in [9.17, 15) is 35.1 Å². The van der Waals surface area contributed by atoms with E-state index in [-0.39, 0.29) is 46.0 Å². The van der Waals surface area contributed by atoms with Gasteiger partial charge in [0.05, 0.1) is 20.8 Å².